The third-order valence-corrected chi connectivity index (χ3v) is 9.00. The average Bonchev–Trinajstić information content (AvgIpc) is 3.20. The molecule has 2 heterocycles. The van der Waals surface area contributed by atoms with Crippen LogP contribution in [0.1, 0.15) is 19.8 Å². The van der Waals surface area contributed by atoms with Crippen LogP contribution < -0.4 is 10.6 Å². The summed E-state index contributed by atoms with van der Waals surface area (Å²) in [5.74, 6) is -0.856. The minimum absolute atomic E-state index is 0.00593. The summed E-state index contributed by atoms with van der Waals surface area (Å²) in [5, 5.41) is 4.63. The first-order chi connectivity index (χ1) is 12.7. The Morgan fingerprint density at radius 1 is 1.22 bits per heavy atom. The fraction of sp³-hybridized carbons (Fsp3) is 0.588. The van der Waals surface area contributed by atoms with E-state index in [1.165, 1.54) is 31.2 Å². The van der Waals surface area contributed by atoms with E-state index in [9.17, 15) is 21.6 Å². The molecule has 0 saturated carbocycles. The van der Waals surface area contributed by atoms with Crippen molar-refractivity contribution in [2.75, 3.05) is 30.0 Å². The first-order valence-corrected chi connectivity index (χ1v) is 12.2. The summed E-state index contributed by atoms with van der Waals surface area (Å²) >= 11 is 0. The lowest BCUT2D eigenvalue weighted by atomic mass is 10.2. The van der Waals surface area contributed by atoms with Crippen molar-refractivity contribution < 1.29 is 26.4 Å². The molecule has 27 heavy (non-hydrogen) atoms. The average molecular weight is 417 g/mol. The summed E-state index contributed by atoms with van der Waals surface area (Å²) in [6.45, 7) is 2.48. The van der Waals surface area contributed by atoms with Gasteiger partial charge in [-0.1, -0.05) is 0 Å². The number of rotatable bonds is 6. The van der Waals surface area contributed by atoms with E-state index >= 15 is 0 Å². The van der Waals surface area contributed by atoms with Crippen LogP contribution >= 0.6 is 0 Å². The fourth-order valence-corrected chi connectivity index (χ4v) is 8.22. The van der Waals surface area contributed by atoms with Crippen LogP contribution in [0, 0.1) is 0 Å². The minimum atomic E-state index is -3.85. The molecule has 2 fully saturated rings. The van der Waals surface area contributed by atoms with Crippen molar-refractivity contribution >= 4 is 31.3 Å². The summed E-state index contributed by atoms with van der Waals surface area (Å²) < 4.78 is 55.8. The van der Waals surface area contributed by atoms with Crippen molar-refractivity contribution in [2.45, 2.75) is 42.1 Å². The van der Waals surface area contributed by atoms with Crippen molar-refractivity contribution in [3.8, 4) is 0 Å². The second-order valence-electron chi connectivity index (χ2n) is 7.02. The van der Waals surface area contributed by atoms with Gasteiger partial charge in [-0.15, -0.1) is 0 Å². The van der Waals surface area contributed by atoms with Gasteiger partial charge in [0.1, 0.15) is 0 Å². The van der Waals surface area contributed by atoms with Crippen molar-refractivity contribution in [2.24, 2.45) is 0 Å². The predicted octanol–water partition coefficient (Wildman–Crippen LogP) is 0.353. The van der Waals surface area contributed by atoms with Crippen LogP contribution in [0.3, 0.4) is 0 Å². The largest absolute Gasteiger partial charge is 0.377 e. The number of hydrogen-bond acceptors (Lipinski definition) is 7. The van der Waals surface area contributed by atoms with E-state index in [1.807, 2.05) is 0 Å². The third-order valence-electron chi connectivity index (χ3n) is 4.83. The van der Waals surface area contributed by atoms with Gasteiger partial charge in [0.05, 0.1) is 27.8 Å². The van der Waals surface area contributed by atoms with Crippen LogP contribution in [-0.4, -0.2) is 64.8 Å². The number of ether oxygens (including phenoxy) is 1. The molecule has 0 radical (unpaired) electrons. The Morgan fingerprint density at radius 2 is 1.93 bits per heavy atom. The van der Waals surface area contributed by atoms with Gasteiger partial charge < -0.3 is 15.4 Å². The molecule has 0 bridgehead atoms. The normalized spacial score (nSPS) is 27.5. The number of carbonyl (C=O) groups is 1. The highest BCUT2D eigenvalue weighted by atomic mass is 32.2. The number of amides is 1. The van der Waals surface area contributed by atoms with Crippen LogP contribution in [-0.2, 0) is 29.2 Å². The summed E-state index contributed by atoms with van der Waals surface area (Å²) in [6.07, 6.45) is 1.83. The Bertz CT molecular complexity index is 890. The molecular weight excluding hydrogens is 392 g/mol. The van der Waals surface area contributed by atoms with Crippen molar-refractivity contribution in [1.29, 1.82) is 0 Å². The Kier molecular flexibility index (Phi) is 5.90. The quantitative estimate of drug-likeness (QED) is 0.687. The number of nitrogens with one attached hydrogen (secondary N) is 2. The molecule has 0 aromatic heterocycles. The van der Waals surface area contributed by atoms with Gasteiger partial charge in [-0.3, -0.25) is 4.79 Å². The van der Waals surface area contributed by atoms with Gasteiger partial charge in [0.15, 0.2) is 19.7 Å². The molecular formula is C17H24N2O6S2. The maximum Gasteiger partial charge on any atom is 0.221 e. The van der Waals surface area contributed by atoms with Gasteiger partial charge in [-0.2, -0.15) is 0 Å². The van der Waals surface area contributed by atoms with E-state index in [4.69, 9.17) is 4.74 Å². The zero-order chi connectivity index (χ0) is 19.7. The highest BCUT2D eigenvalue weighted by Crippen LogP contribution is 2.27. The van der Waals surface area contributed by atoms with Crippen LogP contribution in [0.4, 0.5) is 5.69 Å². The smallest absolute Gasteiger partial charge is 0.221 e. The second kappa shape index (κ2) is 7.86. The Hall–Kier alpha value is -1.49. The highest BCUT2D eigenvalue weighted by molar-refractivity contribution is 7.96. The maximum atomic E-state index is 13.0. The minimum Gasteiger partial charge on any atom is -0.377 e. The monoisotopic (exact) mass is 416 g/mol. The van der Waals surface area contributed by atoms with Crippen molar-refractivity contribution in [3.05, 3.63) is 24.3 Å². The van der Waals surface area contributed by atoms with Crippen LogP contribution in [0.15, 0.2) is 29.2 Å². The van der Waals surface area contributed by atoms with Gasteiger partial charge in [-0.05, 0) is 37.1 Å². The van der Waals surface area contributed by atoms with Crippen molar-refractivity contribution in [1.82, 2.24) is 5.32 Å². The number of sulfone groups is 2. The summed E-state index contributed by atoms with van der Waals surface area (Å²) in [7, 11) is -7.29. The Balaban J connectivity index is 1.78. The molecule has 2 aliphatic heterocycles. The van der Waals surface area contributed by atoms with Gasteiger partial charge in [0, 0.05) is 31.8 Å². The van der Waals surface area contributed by atoms with E-state index in [-0.39, 0.29) is 22.7 Å². The molecule has 1 amide bonds. The first kappa shape index (κ1) is 20.2. The number of benzene rings is 1. The zero-order valence-corrected chi connectivity index (χ0v) is 16.7. The first-order valence-electron chi connectivity index (χ1n) is 8.84. The summed E-state index contributed by atoms with van der Waals surface area (Å²) in [6, 6.07) is 5.10. The molecule has 1 unspecified atom stereocenters. The van der Waals surface area contributed by atoms with E-state index in [1.54, 1.807) is 0 Å². The molecule has 150 valence electrons. The molecule has 10 heteroatoms. The fourth-order valence-electron chi connectivity index (χ4n) is 3.51. The molecule has 3 rings (SSSR count). The standard InChI is InChI=1S/C17H24N2O6S2/c1-12(20)19-13-4-6-15(7-5-13)27(23,24)17-11-26(21,22)10-16(17)18-9-14-3-2-8-25-14/h4-7,14,16-18H,2-3,8-11H2,1H3,(H,19,20)/t14?,16-,17-/m0/s1. The van der Waals surface area contributed by atoms with Crippen LogP contribution in [0.25, 0.3) is 0 Å². The highest BCUT2D eigenvalue weighted by Gasteiger charge is 2.45. The van der Waals surface area contributed by atoms with Gasteiger partial charge >= 0.3 is 0 Å². The Labute approximate surface area is 159 Å². The lowest BCUT2D eigenvalue weighted by Crippen LogP contribution is -2.45. The van der Waals surface area contributed by atoms with Crippen LogP contribution in [0.5, 0.6) is 0 Å². The lowest BCUT2D eigenvalue weighted by molar-refractivity contribution is -0.114. The van der Waals surface area contributed by atoms with E-state index in [0.29, 0.717) is 18.8 Å². The molecule has 2 N–H and O–H groups in total. The van der Waals surface area contributed by atoms with E-state index in [2.05, 4.69) is 10.6 Å². The SMILES string of the molecule is CC(=O)Nc1ccc(S(=O)(=O)[C@H]2CS(=O)(=O)C[C@@H]2NCC2CCCO2)cc1. The Morgan fingerprint density at radius 3 is 2.52 bits per heavy atom. The summed E-state index contributed by atoms with van der Waals surface area (Å²) in [4.78, 5) is 11.1. The molecule has 3 atom stereocenters. The molecule has 2 saturated heterocycles. The second-order valence-corrected chi connectivity index (χ2v) is 11.3. The maximum absolute atomic E-state index is 13.0. The van der Waals surface area contributed by atoms with Gasteiger partial charge in [-0.25, -0.2) is 16.8 Å². The van der Waals surface area contributed by atoms with E-state index < -0.39 is 36.7 Å². The molecule has 1 aromatic rings. The third kappa shape index (κ3) is 4.87. The predicted molar refractivity (Wildman–Crippen MR) is 101 cm³/mol. The van der Waals surface area contributed by atoms with Gasteiger partial charge in [0.25, 0.3) is 0 Å². The molecule has 2 aliphatic rings. The molecule has 0 aliphatic carbocycles. The zero-order valence-electron chi connectivity index (χ0n) is 15.1. The van der Waals surface area contributed by atoms with Crippen LogP contribution in [0.2, 0.25) is 0 Å². The topological polar surface area (TPSA) is 119 Å². The summed E-state index contributed by atoms with van der Waals surface area (Å²) in [5.41, 5.74) is 0.480. The number of anilines is 1. The van der Waals surface area contributed by atoms with Crippen molar-refractivity contribution in [3.63, 3.8) is 0 Å². The lowest BCUT2D eigenvalue weighted by Gasteiger charge is -2.21. The number of hydrogen-bond donors (Lipinski definition) is 2. The van der Waals surface area contributed by atoms with Gasteiger partial charge in [0.2, 0.25) is 5.91 Å². The molecule has 0 spiro atoms. The molecule has 8 nitrogen and oxygen atoms in total. The molecule has 1 aromatic carbocycles. The number of carbonyl (C=O) groups excluding carboxylic acids is 1. The van der Waals surface area contributed by atoms with E-state index in [0.717, 1.165) is 12.8 Å².